The molecule has 0 aromatic heterocycles. The molecule has 4 heteroatoms. The van der Waals surface area contributed by atoms with Crippen molar-refractivity contribution in [3.8, 4) is 0 Å². The summed E-state index contributed by atoms with van der Waals surface area (Å²) in [6.45, 7) is 10.0. The minimum Gasteiger partial charge on any atom is -0.351 e. The summed E-state index contributed by atoms with van der Waals surface area (Å²) in [7, 11) is 0. The predicted molar refractivity (Wildman–Crippen MR) is 83.6 cm³/mol. The number of carbonyl (C=O) groups is 1. The van der Waals surface area contributed by atoms with Crippen molar-refractivity contribution in [2.24, 2.45) is 0 Å². The smallest absolute Gasteiger partial charge is 0.252 e. The van der Waals surface area contributed by atoms with Crippen LogP contribution in [0.4, 0.5) is 0 Å². The van der Waals surface area contributed by atoms with E-state index < -0.39 is 0 Å². The van der Waals surface area contributed by atoms with Crippen molar-refractivity contribution in [1.29, 1.82) is 0 Å². The van der Waals surface area contributed by atoms with Gasteiger partial charge < -0.3 is 10.2 Å². The molecule has 1 amide bonds. The highest BCUT2D eigenvalue weighted by molar-refractivity contribution is 9.10. The van der Waals surface area contributed by atoms with Gasteiger partial charge in [-0.05, 0) is 54.5 Å². The van der Waals surface area contributed by atoms with E-state index >= 15 is 0 Å². The molecule has 3 nitrogen and oxygen atoms in total. The first-order chi connectivity index (χ1) is 9.08. The Hall–Kier alpha value is -0.870. The third kappa shape index (κ3) is 5.33. The van der Waals surface area contributed by atoms with Crippen LogP contribution in [0.2, 0.25) is 0 Å². The molecule has 106 valence electrons. The summed E-state index contributed by atoms with van der Waals surface area (Å²) in [6, 6.07) is 5.81. The van der Waals surface area contributed by atoms with Gasteiger partial charge >= 0.3 is 0 Å². The second kappa shape index (κ2) is 8.33. The van der Waals surface area contributed by atoms with E-state index in [1.165, 1.54) is 0 Å². The molecule has 0 bridgehead atoms. The minimum absolute atomic E-state index is 0.0110. The minimum atomic E-state index is -0.0110. The summed E-state index contributed by atoms with van der Waals surface area (Å²) in [5, 5.41) is 2.98. The van der Waals surface area contributed by atoms with Crippen LogP contribution in [0.1, 0.15) is 36.2 Å². The highest BCUT2D eigenvalue weighted by atomic mass is 79.9. The van der Waals surface area contributed by atoms with Gasteiger partial charge in [-0.3, -0.25) is 4.79 Å². The average molecular weight is 327 g/mol. The number of benzene rings is 1. The summed E-state index contributed by atoms with van der Waals surface area (Å²) in [5.41, 5.74) is 1.80. The molecule has 0 aliphatic heterocycles. The zero-order valence-corrected chi connectivity index (χ0v) is 13.6. The highest BCUT2D eigenvalue weighted by Crippen LogP contribution is 2.17. The molecule has 0 fully saturated rings. The first kappa shape index (κ1) is 16.2. The summed E-state index contributed by atoms with van der Waals surface area (Å²) < 4.78 is 0.844. The van der Waals surface area contributed by atoms with E-state index in [4.69, 9.17) is 0 Å². The van der Waals surface area contributed by atoms with Crippen LogP contribution in [0, 0.1) is 6.92 Å². The van der Waals surface area contributed by atoms with Gasteiger partial charge in [0.25, 0.3) is 5.91 Å². The molecular weight excluding hydrogens is 304 g/mol. The van der Waals surface area contributed by atoms with E-state index in [9.17, 15) is 4.79 Å². The standard InChI is InChI=1S/C15H23BrN2O/c1-4-9-18(5-2)10-8-17-15(19)13-11-12(3)6-7-14(13)16/h6-7,11H,4-5,8-10H2,1-3H3,(H,17,19). The molecule has 0 spiro atoms. The Labute approximate surface area is 124 Å². The van der Waals surface area contributed by atoms with Crippen LogP contribution in [0.5, 0.6) is 0 Å². The first-order valence-electron chi connectivity index (χ1n) is 6.85. The summed E-state index contributed by atoms with van der Waals surface area (Å²) >= 11 is 3.42. The van der Waals surface area contributed by atoms with E-state index in [1.54, 1.807) is 0 Å². The van der Waals surface area contributed by atoms with Crippen LogP contribution in [-0.4, -0.2) is 37.0 Å². The third-order valence-electron chi connectivity index (χ3n) is 3.07. The summed E-state index contributed by atoms with van der Waals surface area (Å²) in [6.07, 6.45) is 1.14. The molecule has 1 N–H and O–H groups in total. The Morgan fingerprint density at radius 3 is 2.68 bits per heavy atom. The van der Waals surface area contributed by atoms with Crippen LogP contribution in [0.3, 0.4) is 0 Å². The van der Waals surface area contributed by atoms with Crippen molar-refractivity contribution < 1.29 is 4.79 Å². The summed E-state index contributed by atoms with van der Waals surface area (Å²) in [4.78, 5) is 14.4. The monoisotopic (exact) mass is 326 g/mol. The van der Waals surface area contributed by atoms with Crippen LogP contribution >= 0.6 is 15.9 Å². The molecular formula is C15H23BrN2O. The lowest BCUT2D eigenvalue weighted by molar-refractivity contribution is 0.0947. The number of rotatable bonds is 7. The molecule has 0 aliphatic rings. The van der Waals surface area contributed by atoms with Gasteiger partial charge in [0.05, 0.1) is 5.56 Å². The van der Waals surface area contributed by atoms with Crippen molar-refractivity contribution in [2.75, 3.05) is 26.2 Å². The van der Waals surface area contributed by atoms with Gasteiger partial charge in [0.1, 0.15) is 0 Å². The Morgan fingerprint density at radius 1 is 1.32 bits per heavy atom. The number of likely N-dealkylation sites (N-methyl/N-ethyl adjacent to an activating group) is 1. The van der Waals surface area contributed by atoms with Crippen molar-refractivity contribution in [1.82, 2.24) is 10.2 Å². The number of carbonyl (C=O) groups excluding carboxylic acids is 1. The Bertz CT molecular complexity index is 421. The van der Waals surface area contributed by atoms with Crippen molar-refractivity contribution in [2.45, 2.75) is 27.2 Å². The van der Waals surface area contributed by atoms with E-state index in [1.807, 2.05) is 25.1 Å². The molecule has 0 heterocycles. The largest absolute Gasteiger partial charge is 0.351 e. The number of amides is 1. The SMILES string of the molecule is CCCN(CC)CCNC(=O)c1cc(C)ccc1Br. The fourth-order valence-electron chi connectivity index (χ4n) is 1.98. The maximum atomic E-state index is 12.1. The molecule has 0 unspecified atom stereocenters. The lowest BCUT2D eigenvalue weighted by atomic mass is 10.1. The van der Waals surface area contributed by atoms with Crippen molar-refractivity contribution in [3.05, 3.63) is 33.8 Å². The third-order valence-corrected chi connectivity index (χ3v) is 3.76. The number of hydrogen-bond donors (Lipinski definition) is 1. The highest BCUT2D eigenvalue weighted by Gasteiger charge is 2.10. The zero-order valence-electron chi connectivity index (χ0n) is 12.0. The Morgan fingerprint density at radius 2 is 2.05 bits per heavy atom. The fraction of sp³-hybridized carbons (Fsp3) is 0.533. The van der Waals surface area contributed by atoms with E-state index in [0.717, 1.165) is 36.1 Å². The maximum Gasteiger partial charge on any atom is 0.252 e. The lowest BCUT2D eigenvalue weighted by Gasteiger charge is -2.19. The van der Waals surface area contributed by atoms with E-state index in [-0.39, 0.29) is 5.91 Å². The topological polar surface area (TPSA) is 32.3 Å². The molecule has 0 radical (unpaired) electrons. The number of nitrogens with one attached hydrogen (secondary N) is 1. The molecule has 19 heavy (non-hydrogen) atoms. The van der Waals surface area contributed by atoms with Crippen LogP contribution < -0.4 is 5.32 Å². The number of nitrogens with zero attached hydrogens (tertiary/aromatic N) is 1. The maximum absolute atomic E-state index is 12.1. The van der Waals surface area contributed by atoms with Gasteiger partial charge in [0, 0.05) is 17.6 Å². The van der Waals surface area contributed by atoms with E-state index in [0.29, 0.717) is 12.1 Å². The van der Waals surface area contributed by atoms with E-state index in [2.05, 4.69) is 40.0 Å². The van der Waals surface area contributed by atoms with Gasteiger partial charge in [-0.1, -0.05) is 25.5 Å². The average Bonchev–Trinajstić information content (AvgIpc) is 2.40. The summed E-state index contributed by atoms with van der Waals surface area (Å²) in [5.74, 6) is -0.0110. The number of aryl methyl sites for hydroxylation is 1. The molecule has 1 aromatic rings. The van der Waals surface area contributed by atoms with Gasteiger partial charge in [0.15, 0.2) is 0 Å². The lowest BCUT2D eigenvalue weighted by Crippen LogP contribution is -2.35. The number of hydrogen-bond acceptors (Lipinski definition) is 2. The zero-order chi connectivity index (χ0) is 14.3. The molecule has 0 saturated heterocycles. The Balaban J connectivity index is 2.49. The van der Waals surface area contributed by atoms with Crippen LogP contribution in [0.15, 0.2) is 22.7 Å². The molecule has 1 aromatic carbocycles. The quantitative estimate of drug-likeness (QED) is 0.834. The van der Waals surface area contributed by atoms with Crippen molar-refractivity contribution >= 4 is 21.8 Å². The fourth-order valence-corrected chi connectivity index (χ4v) is 2.41. The van der Waals surface area contributed by atoms with Gasteiger partial charge in [0.2, 0.25) is 0 Å². The van der Waals surface area contributed by atoms with Crippen LogP contribution in [0.25, 0.3) is 0 Å². The van der Waals surface area contributed by atoms with Gasteiger partial charge in [-0.25, -0.2) is 0 Å². The first-order valence-corrected chi connectivity index (χ1v) is 7.64. The Kier molecular flexibility index (Phi) is 7.10. The van der Waals surface area contributed by atoms with Gasteiger partial charge in [-0.15, -0.1) is 0 Å². The molecule has 0 saturated carbocycles. The predicted octanol–water partition coefficient (Wildman–Crippen LogP) is 3.22. The molecule has 0 atom stereocenters. The normalized spacial score (nSPS) is 10.8. The number of halogens is 1. The molecule has 0 aliphatic carbocycles. The van der Waals surface area contributed by atoms with Gasteiger partial charge in [-0.2, -0.15) is 0 Å². The second-order valence-electron chi connectivity index (χ2n) is 4.67. The molecule has 1 rings (SSSR count). The second-order valence-corrected chi connectivity index (χ2v) is 5.53. The van der Waals surface area contributed by atoms with Crippen molar-refractivity contribution in [3.63, 3.8) is 0 Å². The van der Waals surface area contributed by atoms with Crippen LogP contribution in [-0.2, 0) is 0 Å².